The van der Waals surface area contributed by atoms with Crippen LogP contribution in [-0.2, 0) is 25.5 Å². The molecule has 0 spiro atoms. The smallest absolute Gasteiger partial charge is 0.327 e. The highest BCUT2D eigenvalue weighted by molar-refractivity contribution is 14.1. The Morgan fingerprint density at radius 1 is 1.17 bits per heavy atom. The molecule has 0 N–H and O–H groups in total. The number of benzene rings is 1. The van der Waals surface area contributed by atoms with Crippen LogP contribution in [0.4, 0.5) is 0 Å². The molecule has 0 fully saturated rings. The fourth-order valence-electron chi connectivity index (χ4n) is 2.70. The Hall–Kier alpha value is -2.31. The summed E-state index contributed by atoms with van der Waals surface area (Å²) in [5, 5.41) is 5.36. The SMILES string of the molecule is COCOCCOc1cc2c(cc1-c1cnc(C)nc1)c(I)nn2CC(=O)OC. The van der Waals surface area contributed by atoms with Gasteiger partial charge in [-0.2, -0.15) is 5.10 Å². The molecule has 0 aliphatic heterocycles. The van der Waals surface area contributed by atoms with Crippen LogP contribution in [0, 0.1) is 10.6 Å². The standard InChI is InChI=1S/C19H21IN4O5/c1-12-21-8-13(9-22-12)14-6-15-16(7-17(14)29-5-4-28-11-26-2)24(23-19(15)20)10-18(25)27-3/h6-9H,4-5,10-11H2,1-3H3. The van der Waals surface area contributed by atoms with Crippen molar-refractivity contribution in [2.24, 2.45) is 0 Å². The van der Waals surface area contributed by atoms with Gasteiger partial charge < -0.3 is 18.9 Å². The van der Waals surface area contributed by atoms with Gasteiger partial charge in [0.25, 0.3) is 0 Å². The summed E-state index contributed by atoms with van der Waals surface area (Å²) in [5.41, 5.74) is 2.42. The molecule has 3 aromatic rings. The number of esters is 1. The topological polar surface area (TPSA) is 97.6 Å². The van der Waals surface area contributed by atoms with Gasteiger partial charge in [-0.05, 0) is 35.6 Å². The Balaban J connectivity index is 2.01. The normalized spacial score (nSPS) is 11.0. The van der Waals surface area contributed by atoms with E-state index in [0.29, 0.717) is 24.8 Å². The summed E-state index contributed by atoms with van der Waals surface area (Å²) in [4.78, 5) is 20.3. The minimum Gasteiger partial charge on any atom is -0.490 e. The number of nitrogens with zero attached hydrogens (tertiary/aromatic N) is 4. The van der Waals surface area contributed by atoms with Crippen molar-refractivity contribution in [1.82, 2.24) is 19.7 Å². The summed E-state index contributed by atoms with van der Waals surface area (Å²) in [7, 11) is 2.91. The third-order valence-corrected chi connectivity index (χ3v) is 4.89. The average Bonchev–Trinajstić information content (AvgIpc) is 3.02. The second kappa shape index (κ2) is 9.94. The summed E-state index contributed by atoms with van der Waals surface area (Å²) < 4.78 is 23.3. The summed E-state index contributed by atoms with van der Waals surface area (Å²) in [6.07, 6.45) is 3.51. The van der Waals surface area contributed by atoms with E-state index in [9.17, 15) is 4.79 Å². The van der Waals surface area contributed by atoms with Gasteiger partial charge in [-0.25, -0.2) is 9.97 Å². The molecule has 154 valence electrons. The van der Waals surface area contributed by atoms with Gasteiger partial charge >= 0.3 is 5.97 Å². The second-order valence-corrected chi connectivity index (χ2v) is 7.09. The highest BCUT2D eigenvalue weighted by Gasteiger charge is 2.17. The molecule has 0 saturated carbocycles. The van der Waals surface area contributed by atoms with E-state index in [0.717, 1.165) is 25.7 Å². The molecule has 9 nitrogen and oxygen atoms in total. The molecule has 0 saturated heterocycles. The minimum atomic E-state index is -0.378. The maximum absolute atomic E-state index is 11.8. The number of methoxy groups -OCH3 is 2. The number of aromatic nitrogens is 4. The zero-order chi connectivity index (χ0) is 20.8. The molecule has 0 aliphatic carbocycles. The number of aryl methyl sites for hydroxylation is 1. The van der Waals surface area contributed by atoms with Gasteiger partial charge in [-0.3, -0.25) is 9.48 Å². The summed E-state index contributed by atoms with van der Waals surface area (Å²) in [5.74, 6) is 0.927. The number of hydrogen-bond acceptors (Lipinski definition) is 8. The second-order valence-electron chi connectivity index (χ2n) is 6.07. The molecule has 1 aromatic carbocycles. The molecule has 0 aliphatic rings. The number of carbonyl (C=O) groups is 1. The number of carbonyl (C=O) groups excluding carboxylic acids is 1. The highest BCUT2D eigenvalue weighted by Crippen LogP contribution is 2.35. The van der Waals surface area contributed by atoms with Crippen molar-refractivity contribution in [1.29, 1.82) is 0 Å². The maximum atomic E-state index is 11.8. The predicted octanol–water partition coefficient (Wildman–Crippen LogP) is 2.58. The van der Waals surface area contributed by atoms with Gasteiger partial charge in [0.15, 0.2) is 0 Å². The van der Waals surface area contributed by atoms with Gasteiger partial charge in [0.1, 0.15) is 35.2 Å². The number of rotatable bonds is 9. The lowest BCUT2D eigenvalue weighted by Crippen LogP contribution is -2.13. The van der Waals surface area contributed by atoms with E-state index < -0.39 is 0 Å². The maximum Gasteiger partial charge on any atom is 0.327 e. The van der Waals surface area contributed by atoms with Crippen LogP contribution in [0.15, 0.2) is 24.5 Å². The first-order valence-electron chi connectivity index (χ1n) is 8.79. The number of hydrogen-bond donors (Lipinski definition) is 0. The quantitative estimate of drug-likeness (QED) is 0.187. The highest BCUT2D eigenvalue weighted by atomic mass is 127. The van der Waals surface area contributed by atoms with Crippen LogP contribution in [0.1, 0.15) is 5.82 Å². The van der Waals surface area contributed by atoms with E-state index in [4.69, 9.17) is 18.9 Å². The van der Waals surface area contributed by atoms with Crippen LogP contribution >= 0.6 is 22.6 Å². The van der Waals surface area contributed by atoms with E-state index in [1.54, 1.807) is 24.2 Å². The lowest BCUT2D eigenvalue weighted by molar-refractivity contribution is -0.141. The van der Waals surface area contributed by atoms with Gasteiger partial charge in [-0.15, -0.1) is 0 Å². The van der Waals surface area contributed by atoms with Gasteiger partial charge in [0.05, 0.1) is 19.2 Å². The van der Waals surface area contributed by atoms with Crippen LogP contribution in [0.3, 0.4) is 0 Å². The summed E-state index contributed by atoms with van der Waals surface area (Å²) in [6.45, 7) is 2.74. The summed E-state index contributed by atoms with van der Waals surface area (Å²) in [6, 6.07) is 3.83. The number of halogens is 1. The fourth-order valence-corrected chi connectivity index (χ4v) is 3.39. The van der Waals surface area contributed by atoms with Crippen molar-refractivity contribution >= 4 is 39.5 Å². The van der Waals surface area contributed by atoms with E-state index in [-0.39, 0.29) is 19.3 Å². The number of ether oxygens (including phenoxy) is 4. The van der Waals surface area contributed by atoms with E-state index in [1.165, 1.54) is 7.11 Å². The summed E-state index contributed by atoms with van der Waals surface area (Å²) >= 11 is 2.14. The number of fused-ring (bicyclic) bond motifs is 1. The van der Waals surface area contributed by atoms with Crippen LogP contribution < -0.4 is 4.74 Å². The van der Waals surface area contributed by atoms with Gasteiger partial charge in [0, 0.05) is 42.1 Å². The zero-order valence-electron chi connectivity index (χ0n) is 16.3. The van der Waals surface area contributed by atoms with Crippen molar-refractivity contribution < 1.29 is 23.7 Å². The van der Waals surface area contributed by atoms with Crippen LogP contribution in [0.5, 0.6) is 5.75 Å². The third kappa shape index (κ3) is 5.19. The zero-order valence-corrected chi connectivity index (χ0v) is 18.5. The molecule has 0 unspecified atom stereocenters. The molecule has 0 radical (unpaired) electrons. The molecule has 2 heterocycles. The molecule has 0 atom stereocenters. The molecule has 10 heteroatoms. The third-order valence-electron chi connectivity index (χ3n) is 4.09. The Labute approximate surface area is 181 Å². The van der Waals surface area contributed by atoms with Crippen LogP contribution in [0.2, 0.25) is 0 Å². The first-order valence-corrected chi connectivity index (χ1v) is 9.86. The van der Waals surface area contributed by atoms with Crippen LogP contribution in [0.25, 0.3) is 22.0 Å². The van der Waals surface area contributed by atoms with E-state index in [2.05, 4.69) is 37.7 Å². The molecule has 29 heavy (non-hydrogen) atoms. The lowest BCUT2D eigenvalue weighted by Gasteiger charge is -2.13. The van der Waals surface area contributed by atoms with E-state index in [1.807, 2.05) is 19.1 Å². The first-order chi connectivity index (χ1) is 14.0. The van der Waals surface area contributed by atoms with Gasteiger partial charge in [-0.1, -0.05) is 0 Å². The molecular weight excluding hydrogens is 491 g/mol. The predicted molar refractivity (Wildman–Crippen MR) is 114 cm³/mol. The Morgan fingerprint density at radius 3 is 2.62 bits per heavy atom. The Kier molecular flexibility index (Phi) is 7.34. The van der Waals surface area contributed by atoms with Crippen molar-refractivity contribution in [2.75, 3.05) is 34.2 Å². The Morgan fingerprint density at radius 2 is 1.93 bits per heavy atom. The fraction of sp³-hybridized carbons (Fsp3) is 0.368. The van der Waals surface area contributed by atoms with Crippen LogP contribution in [-0.4, -0.2) is 59.9 Å². The molecule has 0 bridgehead atoms. The van der Waals surface area contributed by atoms with Gasteiger partial charge in [0.2, 0.25) is 0 Å². The monoisotopic (exact) mass is 512 g/mol. The van der Waals surface area contributed by atoms with Crippen molar-refractivity contribution in [3.63, 3.8) is 0 Å². The molecular formula is C19H21IN4O5. The minimum absolute atomic E-state index is 0.0133. The first kappa shape index (κ1) is 21.4. The molecule has 2 aromatic heterocycles. The van der Waals surface area contributed by atoms with Crippen molar-refractivity contribution in [3.8, 4) is 16.9 Å². The average molecular weight is 512 g/mol. The molecule has 3 rings (SSSR count). The van der Waals surface area contributed by atoms with E-state index >= 15 is 0 Å². The lowest BCUT2D eigenvalue weighted by atomic mass is 10.1. The van der Waals surface area contributed by atoms with Crippen molar-refractivity contribution in [3.05, 3.63) is 34.1 Å². The largest absolute Gasteiger partial charge is 0.490 e. The van der Waals surface area contributed by atoms with Crippen molar-refractivity contribution in [2.45, 2.75) is 13.5 Å². The molecule has 0 amide bonds. The Bertz CT molecular complexity index is 990.